The van der Waals surface area contributed by atoms with Crippen molar-refractivity contribution in [2.24, 2.45) is 5.92 Å². The van der Waals surface area contributed by atoms with Crippen LogP contribution in [0.4, 0.5) is 0 Å². The van der Waals surface area contributed by atoms with Gasteiger partial charge in [0.25, 0.3) is 0 Å². The Balaban J connectivity index is 2.04. The first-order chi connectivity index (χ1) is 6.79. The highest BCUT2D eigenvalue weighted by Crippen LogP contribution is 2.34. The minimum Gasteiger partial charge on any atom is -0.0840 e. The van der Waals surface area contributed by atoms with Gasteiger partial charge in [-0.3, -0.25) is 0 Å². The number of aryl methyl sites for hydroxylation is 2. The molecule has 0 atom stereocenters. The molecular formula is C13H17Cl. The third-order valence-corrected chi connectivity index (χ3v) is 3.41. The van der Waals surface area contributed by atoms with Gasteiger partial charge < -0.3 is 0 Å². The number of hydrogen-bond donors (Lipinski definition) is 0. The average Bonchev–Trinajstić information content (AvgIpc) is 3.00. The van der Waals surface area contributed by atoms with Crippen LogP contribution in [0.2, 0.25) is 5.02 Å². The van der Waals surface area contributed by atoms with Gasteiger partial charge in [0.2, 0.25) is 0 Å². The van der Waals surface area contributed by atoms with Gasteiger partial charge in [0.1, 0.15) is 0 Å². The van der Waals surface area contributed by atoms with E-state index >= 15 is 0 Å². The van der Waals surface area contributed by atoms with Crippen molar-refractivity contribution in [2.75, 3.05) is 0 Å². The molecule has 1 heteroatoms. The van der Waals surface area contributed by atoms with Crippen LogP contribution in [-0.4, -0.2) is 0 Å². The minimum absolute atomic E-state index is 0.947. The number of rotatable bonds is 4. The van der Waals surface area contributed by atoms with E-state index in [0.717, 1.165) is 23.8 Å². The van der Waals surface area contributed by atoms with Crippen molar-refractivity contribution in [1.82, 2.24) is 0 Å². The third kappa shape index (κ3) is 2.51. The molecular weight excluding hydrogens is 192 g/mol. The first kappa shape index (κ1) is 10.0. The Hall–Kier alpha value is -0.490. The first-order valence-corrected chi connectivity index (χ1v) is 5.94. The van der Waals surface area contributed by atoms with E-state index in [-0.39, 0.29) is 0 Å². The van der Waals surface area contributed by atoms with Crippen LogP contribution in [0.5, 0.6) is 0 Å². The Labute approximate surface area is 91.3 Å². The van der Waals surface area contributed by atoms with Crippen LogP contribution in [0.3, 0.4) is 0 Å². The van der Waals surface area contributed by atoms with Gasteiger partial charge in [-0.15, -0.1) is 0 Å². The Morgan fingerprint density at radius 2 is 2.14 bits per heavy atom. The molecule has 0 bridgehead atoms. The molecule has 1 saturated carbocycles. The highest BCUT2D eigenvalue weighted by molar-refractivity contribution is 6.31. The summed E-state index contributed by atoms with van der Waals surface area (Å²) in [5, 5.41) is 0.947. The normalized spacial score (nSPS) is 15.9. The van der Waals surface area contributed by atoms with Crippen LogP contribution < -0.4 is 0 Å². The molecule has 0 saturated heterocycles. The zero-order chi connectivity index (χ0) is 9.97. The molecule has 0 spiro atoms. The third-order valence-electron chi connectivity index (χ3n) is 3.04. The van der Waals surface area contributed by atoms with Gasteiger partial charge in [0.15, 0.2) is 0 Å². The van der Waals surface area contributed by atoms with Crippen LogP contribution in [0.1, 0.15) is 37.3 Å². The van der Waals surface area contributed by atoms with Crippen LogP contribution in [0.15, 0.2) is 18.2 Å². The van der Waals surface area contributed by atoms with E-state index < -0.39 is 0 Å². The number of halogens is 1. The molecule has 0 nitrogen and oxygen atoms in total. The van der Waals surface area contributed by atoms with Gasteiger partial charge >= 0.3 is 0 Å². The van der Waals surface area contributed by atoms with Crippen LogP contribution >= 0.6 is 11.6 Å². The Morgan fingerprint density at radius 3 is 2.79 bits per heavy atom. The van der Waals surface area contributed by atoms with Crippen molar-refractivity contribution < 1.29 is 0 Å². The van der Waals surface area contributed by atoms with Gasteiger partial charge in [-0.05, 0) is 42.4 Å². The van der Waals surface area contributed by atoms with Crippen LogP contribution in [0, 0.1) is 5.92 Å². The minimum atomic E-state index is 0.947. The zero-order valence-corrected chi connectivity index (χ0v) is 9.48. The van der Waals surface area contributed by atoms with E-state index in [0.29, 0.717) is 0 Å². The Bertz CT molecular complexity index is 313. The SMILES string of the molecule is CCc1ccc(Cl)c(CCC2CC2)c1. The average molecular weight is 209 g/mol. The summed E-state index contributed by atoms with van der Waals surface area (Å²) in [6.45, 7) is 2.19. The molecule has 0 radical (unpaired) electrons. The Kier molecular flexibility index (Phi) is 3.12. The predicted molar refractivity (Wildman–Crippen MR) is 61.9 cm³/mol. The fourth-order valence-electron chi connectivity index (χ4n) is 1.81. The zero-order valence-electron chi connectivity index (χ0n) is 8.72. The lowest BCUT2D eigenvalue weighted by Crippen LogP contribution is -1.90. The van der Waals surface area contributed by atoms with Gasteiger partial charge in [0.05, 0.1) is 0 Å². The maximum absolute atomic E-state index is 6.16. The summed E-state index contributed by atoms with van der Waals surface area (Å²) in [5.41, 5.74) is 2.75. The van der Waals surface area contributed by atoms with Crippen molar-refractivity contribution >= 4 is 11.6 Å². The number of benzene rings is 1. The molecule has 0 unspecified atom stereocenters. The predicted octanol–water partition coefficient (Wildman–Crippen LogP) is 4.25. The van der Waals surface area contributed by atoms with Crippen LogP contribution in [0.25, 0.3) is 0 Å². The van der Waals surface area contributed by atoms with Gasteiger partial charge in [0, 0.05) is 5.02 Å². The van der Waals surface area contributed by atoms with E-state index in [4.69, 9.17) is 11.6 Å². The van der Waals surface area contributed by atoms with Crippen molar-refractivity contribution in [1.29, 1.82) is 0 Å². The summed E-state index contributed by atoms with van der Waals surface area (Å²) in [5.74, 6) is 0.997. The molecule has 1 aromatic rings. The molecule has 14 heavy (non-hydrogen) atoms. The van der Waals surface area contributed by atoms with E-state index in [1.165, 1.54) is 30.4 Å². The molecule has 2 rings (SSSR count). The summed E-state index contributed by atoms with van der Waals surface area (Å²) >= 11 is 6.16. The maximum atomic E-state index is 6.16. The van der Waals surface area contributed by atoms with Gasteiger partial charge in [-0.2, -0.15) is 0 Å². The molecule has 0 amide bonds. The first-order valence-electron chi connectivity index (χ1n) is 5.57. The van der Waals surface area contributed by atoms with E-state index in [1.54, 1.807) is 0 Å². The molecule has 0 aliphatic heterocycles. The molecule has 1 aromatic carbocycles. The van der Waals surface area contributed by atoms with Crippen molar-refractivity contribution in [2.45, 2.75) is 39.0 Å². The standard InChI is InChI=1S/C13H17Cl/c1-2-10-6-8-13(14)12(9-10)7-5-11-3-4-11/h6,8-9,11H,2-5,7H2,1H3. The summed E-state index contributed by atoms with van der Waals surface area (Å²) in [6.07, 6.45) is 6.47. The lowest BCUT2D eigenvalue weighted by molar-refractivity contribution is 0.726. The second-order valence-electron chi connectivity index (χ2n) is 4.26. The smallest absolute Gasteiger partial charge is 0.0438 e. The molecule has 1 aliphatic rings. The van der Waals surface area contributed by atoms with Gasteiger partial charge in [-0.25, -0.2) is 0 Å². The van der Waals surface area contributed by atoms with Crippen molar-refractivity contribution in [3.8, 4) is 0 Å². The molecule has 1 aliphatic carbocycles. The number of hydrogen-bond acceptors (Lipinski definition) is 0. The summed E-state index contributed by atoms with van der Waals surface area (Å²) < 4.78 is 0. The summed E-state index contributed by atoms with van der Waals surface area (Å²) in [7, 11) is 0. The lowest BCUT2D eigenvalue weighted by Gasteiger charge is -2.05. The molecule has 0 N–H and O–H groups in total. The largest absolute Gasteiger partial charge is 0.0840 e. The lowest BCUT2D eigenvalue weighted by atomic mass is 10.0. The van der Waals surface area contributed by atoms with Crippen molar-refractivity contribution in [3.05, 3.63) is 34.3 Å². The van der Waals surface area contributed by atoms with E-state index in [9.17, 15) is 0 Å². The molecule has 0 aromatic heterocycles. The summed E-state index contributed by atoms with van der Waals surface area (Å²) in [4.78, 5) is 0. The topological polar surface area (TPSA) is 0 Å². The highest BCUT2D eigenvalue weighted by Gasteiger charge is 2.20. The highest BCUT2D eigenvalue weighted by atomic mass is 35.5. The quantitative estimate of drug-likeness (QED) is 0.694. The van der Waals surface area contributed by atoms with E-state index in [1.807, 2.05) is 6.07 Å². The molecule has 76 valence electrons. The van der Waals surface area contributed by atoms with Crippen LogP contribution in [-0.2, 0) is 12.8 Å². The Morgan fingerprint density at radius 1 is 1.36 bits per heavy atom. The van der Waals surface area contributed by atoms with E-state index in [2.05, 4.69) is 19.1 Å². The fourth-order valence-corrected chi connectivity index (χ4v) is 2.02. The fraction of sp³-hybridized carbons (Fsp3) is 0.538. The second-order valence-corrected chi connectivity index (χ2v) is 4.67. The maximum Gasteiger partial charge on any atom is 0.0438 e. The summed E-state index contributed by atoms with van der Waals surface area (Å²) in [6, 6.07) is 6.44. The van der Waals surface area contributed by atoms with Gasteiger partial charge in [-0.1, -0.05) is 43.5 Å². The molecule has 0 heterocycles. The monoisotopic (exact) mass is 208 g/mol. The van der Waals surface area contributed by atoms with Crippen molar-refractivity contribution in [3.63, 3.8) is 0 Å². The molecule has 1 fully saturated rings. The second kappa shape index (κ2) is 4.35.